The number of carbonyl (C=O) groups excluding carboxylic acids is 1. The first-order valence-electron chi connectivity index (χ1n) is 12.2. The Hall–Kier alpha value is -1.83. The van der Waals surface area contributed by atoms with E-state index in [1.165, 1.54) is 4.90 Å². The first-order valence-corrected chi connectivity index (χ1v) is 14.0. The van der Waals surface area contributed by atoms with Crippen LogP contribution in [0.1, 0.15) is 51.2 Å². The molecule has 0 bridgehead atoms. The van der Waals surface area contributed by atoms with Crippen LogP contribution in [0.15, 0.2) is 51.8 Å². The van der Waals surface area contributed by atoms with Crippen molar-refractivity contribution in [3.8, 4) is 11.5 Å². The van der Waals surface area contributed by atoms with Crippen molar-refractivity contribution in [2.45, 2.75) is 51.0 Å². The topological polar surface area (TPSA) is 38.8 Å². The summed E-state index contributed by atoms with van der Waals surface area (Å²) in [5.74, 6) is 2.13. The third kappa shape index (κ3) is 6.69. The molecule has 0 unspecified atom stereocenters. The average Bonchev–Trinajstić information content (AvgIpc) is 3.19. The van der Waals surface area contributed by atoms with E-state index in [1.807, 2.05) is 62.9 Å². The minimum Gasteiger partial charge on any atom is -0.489 e. The minimum absolute atomic E-state index is 0.140. The number of likely N-dealkylation sites (tertiary alicyclic amines) is 1. The molecule has 0 amide bonds. The van der Waals surface area contributed by atoms with Crippen LogP contribution in [0.25, 0.3) is 5.57 Å². The lowest BCUT2D eigenvalue weighted by Crippen LogP contribution is -2.26. The van der Waals surface area contributed by atoms with Crippen molar-refractivity contribution in [1.29, 1.82) is 0 Å². The van der Waals surface area contributed by atoms with Gasteiger partial charge in [0, 0.05) is 45.9 Å². The number of ether oxygens (including phenoxy) is 2. The maximum atomic E-state index is 12.5. The summed E-state index contributed by atoms with van der Waals surface area (Å²) < 4.78 is 25.5. The largest absolute Gasteiger partial charge is 0.489 e. The number of benzene rings is 2. The molecule has 0 saturated carbocycles. The van der Waals surface area contributed by atoms with E-state index in [4.69, 9.17) is 9.47 Å². The maximum Gasteiger partial charge on any atom is 0.316 e. The van der Waals surface area contributed by atoms with Crippen molar-refractivity contribution in [3.63, 3.8) is 0 Å². The summed E-state index contributed by atoms with van der Waals surface area (Å²) in [6.07, 6.45) is 2.61. The second-order valence-electron chi connectivity index (χ2n) is 10.1. The Morgan fingerprint density at radius 1 is 1.17 bits per heavy atom. The fourth-order valence-electron chi connectivity index (χ4n) is 4.26. The second-order valence-corrected chi connectivity index (χ2v) is 12.2. The van der Waals surface area contributed by atoms with E-state index >= 15 is 0 Å². The molecule has 7 heteroatoms. The van der Waals surface area contributed by atoms with Gasteiger partial charge in [0.2, 0.25) is 0 Å². The molecule has 2 aliphatic rings. The number of fused-ring (bicyclic) bond motifs is 1. The smallest absolute Gasteiger partial charge is 0.316 e. The quantitative estimate of drug-likeness (QED) is 0.266. The predicted molar refractivity (Wildman–Crippen MR) is 144 cm³/mol. The highest BCUT2D eigenvalue weighted by molar-refractivity contribution is 9.11. The molecule has 4 rings (SSSR count). The normalized spacial score (nSPS) is 18.8. The highest BCUT2D eigenvalue weighted by Crippen LogP contribution is 2.43. The van der Waals surface area contributed by atoms with E-state index in [1.54, 1.807) is 0 Å². The summed E-state index contributed by atoms with van der Waals surface area (Å²) in [6, 6.07) is 14.1. The molecule has 2 aromatic rings. The lowest BCUT2D eigenvalue weighted by Gasteiger charge is -2.19. The van der Waals surface area contributed by atoms with Crippen LogP contribution in [0.3, 0.4) is 0 Å². The van der Waals surface area contributed by atoms with Gasteiger partial charge in [-0.3, -0.25) is 14.1 Å². The fourth-order valence-corrected chi connectivity index (χ4v) is 6.17. The Labute approximate surface area is 220 Å². The van der Waals surface area contributed by atoms with Crippen LogP contribution >= 0.6 is 27.7 Å². The van der Waals surface area contributed by atoms with Gasteiger partial charge in [0.05, 0.1) is 12.1 Å². The van der Waals surface area contributed by atoms with Crippen LogP contribution in [0, 0.1) is 5.41 Å². The van der Waals surface area contributed by atoms with Crippen molar-refractivity contribution in [1.82, 2.24) is 4.90 Å². The molecule has 0 aromatic heterocycles. The van der Waals surface area contributed by atoms with Gasteiger partial charge in [0.1, 0.15) is 17.6 Å². The van der Waals surface area contributed by atoms with E-state index in [9.17, 15) is 9.18 Å². The summed E-state index contributed by atoms with van der Waals surface area (Å²) in [7, 11) is 0. The van der Waals surface area contributed by atoms with E-state index < -0.39 is 5.41 Å². The van der Waals surface area contributed by atoms with Gasteiger partial charge >= 0.3 is 5.97 Å². The highest BCUT2D eigenvalue weighted by atomic mass is 79.9. The van der Waals surface area contributed by atoms with E-state index in [0.29, 0.717) is 12.2 Å². The number of thioether (sulfide) groups is 1. The maximum absolute atomic E-state index is 12.5. The van der Waals surface area contributed by atoms with Crippen LogP contribution in [0.5, 0.6) is 11.5 Å². The Bertz CT molecular complexity index is 1080. The number of alkyl halides is 1. The minimum atomic E-state index is -0.569. The van der Waals surface area contributed by atoms with Crippen molar-refractivity contribution < 1.29 is 18.7 Å². The van der Waals surface area contributed by atoms with Gasteiger partial charge in [0.25, 0.3) is 0 Å². The van der Waals surface area contributed by atoms with E-state index in [-0.39, 0.29) is 18.7 Å². The SMILES string of the molecule is CC(C)(C)C(=O)Oc1ccc2c(c1)C(c1ccc(O[C@H]3CCN(CCCF)C3)cc1)=C(Br)CCS2. The van der Waals surface area contributed by atoms with Crippen molar-refractivity contribution in [2.24, 2.45) is 5.41 Å². The van der Waals surface area contributed by atoms with Gasteiger partial charge in [-0.05, 0) is 75.9 Å². The first-order chi connectivity index (χ1) is 16.7. The zero-order valence-electron chi connectivity index (χ0n) is 20.6. The molecular weight excluding hydrogens is 529 g/mol. The van der Waals surface area contributed by atoms with Crippen LogP contribution in [0.2, 0.25) is 0 Å². The molecule has 1 fully saturated rings. The van der Waals surface area contributed by atoms with Gasteiger partial charge < -0.3 is 9.47 Å². The van der Waals surface area contributed by atoms with Crippen molar-refractivity contribution >= 4 is 39.2 Å². The number of nitrogens with zero attached hydrogens (tertiary/aromatic N) is 1. The van der Waals surface area contributed by atoms with E-state index in [2.05, 4.69) is 33.0 Å². The third-order valence-electron chi connectivity index (χ3n) is 6.18. The predicted octanol–water partition coefficient (Wildman–Crippen LogP) is 7.10. The number of carbonyl (C=O) groups is 1. The molecule has 1 saturated heterocycles. The van der Waals surface area contributed by atoms with Gasteiger partial charge in [0.15, 0.2) is 0 Å². The molecule has 2 aromatic carbocycles. The number of allylic oxidation sites excluding steroid dienone is 1. The molecule has 2 aliphatic heterocycles. The molecule has 35 heavy (non-hydrogen) atoms. The number of hydrogen-bond donors (Lipinski definition) is 0. The highest BCUT2D eigenvalue weighted by Gasteiger charge is 2.26. The van der Waals surface area contributed by atoms with Crippen molar-refractivity contribution in [2.75, 3.05) is 32.1 Å². The molecular formula is C28H33BrFNO3S. The zero-order valence-corrected chi connectivity index (χ0v) is 23.0. The second kappa shape index (κ2) is 11.5. The van der Waals surface area contributed by atoms with Crippen LogP contribution in [-0.2, 0) is 4.79 Å². The molecule has 1 atom stereocenters. The van der Waals surface area contributed by atoms with Gasteiger partial charge in [-0.1, -0.05) is 28.1 Å². The third-order valence-corrected chi connectivity index (χ3v) is 8.04. The van der Waals surface area contributed by atoms with Crippen LogP contribution in [-0.4, -0.2) is 49.0 Å². The van der Waals surface area contributed by atoms with E-state index in [0.717, 1.165) is 65.2 Å². The Morgan fingerprint density at radius 2 is 1.91 bits per heavy atom. The zero-order chi connectivity index (χ0) is 25.0. The summed E-state index contributed by atoms with van der Waals surface area (Å²) >= 11 is 5.64. The Kier molecular flexibility index (Phi) is 8.61. The Balaban J connectivity index is 1.53. The van der Waals surface area contributed by atoms with Gasteiger partial charge in [-0.15, -0.1) is 11.8 Å². The first kappa shape index (κ1) is 26.2. The molecule has 0 spiro atoms. The molecule has 2 heterocycles. The van der Waals surface area contributed by atoms with Gasteiger partial charge in [-0.25, -0.2) is 0 Å². The van der Waals surface area contributed by atoms with Crippen LogP contribution in [0.4, 0.5) is 4.39 Å². The van der Waals surface area contributed by atoms with Crippen LogP contribution < -0.4 is 9.47 Å². The molecule has 0 aliphatic carbocycles. The molecule has 0 N–H and O–H groups in total. The number of rotatable bonds is 7. The summed E-state index contributed by atoms with van der Waals surface area (Å²) in [5, 5.41) is 0. The number of halogens is 2. The lowest BCUT2D eigenvalue weighted by molar-refractivity contribution is -0.143. The lowest BCUT2D eigenvalue weighted by atomic mass is 9.96. The molecule has 188 valence electrons. The standard InChI is InChI=1S/C28H33BrFNO3S/c1-28(2,3)27(32)34-21-9-10-25-23(17-21)26(24(29)12-16-35-25)19-5-7-20(8-6-19)33-22-11-15-31(18-22)14-4-13-30/h5-10,17,22H,4,11-16,18H2,1-3H3/t22-/m0/s1. The molecule has 0 radical (unpaired) electrons. The average molecular weight is 563 g/mol. The summed E-state index contributed by atoms with van der Waals surface area (Å²) in [5.41, 5.74) is 2.69. The van der Waals surface area contributed by atoms with Crippen molar-refractivity contribution in [3.05, 3.63) is 58.1 Å². The summed E-state index contributed by atoms with van der Waals surface area (Å²) in [6.45, 7) is 7.89. The number of hydrogen-bond acceptors (Lipinski definition) is 5. The number of esters is 1. The van der Waals surface area contributed by atoms with Gasteiger partial charge in [-0.2, -0.15) is 0 Å². The molecule has 4 nitrogen and oxygen atoms in total. The monoisotopic (exact) mass is 561 g/mol. The Morgan fingerprint density at radius 3 is 2.63 bits per heavy atom. The summed E-state index contributed by atoms with van der Waals surface area (Å²) in [4.78, 5) is 15.9. The fraction of sp³-hybridized carbons (Fsp3) is 0.464.